The highest BCUT2D eigenvalue weighted by atomic mass is 79.9. The van der Waals surface area contributed by atoms with Crippen molar-refractivity contribution < 1.29 is 23.8 Å². The van der Waals surface area contributed by atoms with Gasteiger partial charge in [0.1, 0.15) is 5.82 Å². The Labute approximate surface area is 202 Å². The van der Waals surface area contributed by atoms with E-state index >= 15 is 0 Å². The van der Waals surface area contributed by atoms with Gasteiger partial charge < -0.3 is 0 Å². The van der Waals surface area contributed by atoms with Crippen LogP contribution in [0.5, 0.6) is 0 Å². The van der Waals surface area contributed by atoms with Gasteiger partial charge in [0, 0.05) is 28.7 Å². The van der Waals surface area contributed by atoms with Crippen LogP contribution in [0.2, 0.25) is 10.0 Å². The average molecular weight is 557 g/mol. The quantitative estimate of drug-likeness (QED) is 0.209. The lowest BCUT2D eigenvalue weighted by atomic mass is 10.1. The van der Waals surface area contributed by atoms with E-state index < -0.39 is 44.5 Å². The predicted octanol–water partition coefficient (Wildman–Crippen LogP) is 6.20. The van der Waals surface area contributed by atoms with Crippen molar-refractivity contribution in [2.45, 2.75) is 0 Å². The zero-order valence-electron chi connectivity index (χ0n) is 16.0. The van der Waals surface area contributed by atoms with Crippen molar-refractivity contribution in [3.05, 3.63) is 106 Å². The molecule has 0 radical (unpaired) electrons. The number of nitro benzene ring substituents is 2. The molecule has 0 unspecified atom stereocenters. The SMILES string of the molecule is O=C(c1ccc([N+](=O)[O-])cc1Cl)N(C(=O)c1ccc([N+](=O)[O-])cc1Cl)c1ccc(Br)cc1F. The fourth-order valence-corrected chi connectivity index (χ4v) is 3.64. The van der Waals surface area contributed by atoms with Crippen LogP contribution >= 0.6 is 39.1 Å². The van der Waals surface area contributed by atoms with Gasteiger partial charge in [0.2, 0.25) is 0 Å². The van der Waals surface area contributed by atoms with Crippen molar-refractivity contribution in [1.29, 1.82) is 0 Å². The van der Waals surface area contributed by atoms with Crippen molar-refractivity contribution in [1.82, 2.24) is 0 Å². The molecule has 0 aliphatic carbocycles. The largest absolute Gasteiger partial charge is 0.270 e. The maximum Gasteiger partial charge on any atom is 0.270 e. The van der Waals surface area contributed by atoms with E-state index in [1.807, 2.05) is 0 Å². The molecule has 0 aliphatic heterocycles. The van der Waals surface area contributed by atoms with Gasteiger partial charge in [0.25, 0.3) is 23.2 Å². The van der Waals surface area contributed by atoms with E-state index in [2.05, 4.69) is 15.9 Å². The van der Waals surface area contributed by atoms with Crippen LogP contribution in [0.15, 0.2) is 59.1 Å². The van der Waals surface area contributed by atoms with Crippen LogP contribution in [0.3, 0.4) is 0 Å². The van der Waals surface area contributed by atoms with E-state index in [1.165, 1.54) is 6.07 Å². The number of carbonyl (C=O) groups excluding carboxylic acids is 2. The number of benzene rings is 3. The summed E-state index contributed by atoms with van der Waals surface area (Å²) in [5.41, 5.74) is -1.91. The monoisotopic (exact) mass is 555 g/mol. The number of hydrogen-bond donors (Lipinski definition) is 0. The first kappa shape index (κ1) is 24.2. The predicted molar refractivity (Wildman–Crippen MR) is 121 cm³/mol. The summed E-state index contributed by atoms with van der Waals surface area (Å²) in [4.78, 5) is 47.5. The molecular weight excluding hydrogens is 548 g/mol. The number of nitro groups is 2. The van der Waals surface area contributed by atoms with Gasteiger partial charge in [0.15, 0.2) is 0 Å². The summed E-state index contributed by atoms with van der Waals surface area (Å²) >= 11 is 15.2. The Balaban J connectivity index is 2.17. The summed E-state index contributed by atoms with van der Waals surface area (Å²) in [5, 5.41) is 21.2. The Bertz CT molecular complexity index is 1260. The molecular formula is C20H9BrCl2FN3O6. The topological polar surface area (TPSA) is 124 Å². The normalized spacial score (nSPS) is 10.5. The van der Waals surface area contributed by atoms with Crippen LogP contribution in [0.4, 0.5) is 21.5 Å². The molecule has 3 aromatic carbocycles. The Morgan fingerprint density at radius 1 is 0.818 bits per heavy atom. The molecule has 13 heteroatoms. The molecule has 0 N–H and O–H groups in total. The van der Waals surface area contributed by atoms with Gasteiger partial charge >= 0.3 is 0 Å². The van der Waals surface area contributed by atoms with E-state index in [4.69, 9.17) is 23.2 Å². The molecule has 0 fully saturated rings. The number of imide groups is 1. The second kappa shape index (κ2) is 9.61. The number of non-ortho nitro benzene ring substituents is 2. The Morgan fingerprint density at radius 2 is 1.27 bits per heavy atom. The van der Waals surface area contributed by atoms with Crippen molar-refractivity contribution in [3.8, 4) is 0 Å². The fraction of sp³-hybridized carbons (Fsp3) is 0. The minimum Gasteiger partial charge on any atom is -0.268 e. The number of carbonyl (C=O) groups is 2. The molecule has 33 heavy (non-hydrogen) atoms. The third-order valence-electron chi connectivity index (χ3n) is 4.34. The van der Waals surface area contributed by atoms with Crippen LogP contribution in [0.25, 0.3) is 0 Å². The van der Waals surface area contributed by atoms with Gasteiger partial charge in [-0.2, -0.15) is 0 Å². The van der Waals surface area contributed by atoms with E-state index in [1.54, 1.807) is 0 Å². The second-order valence-corrected chi connectivity index (χ2v) is 8.11. The molecule has 0 bridgehead atoms. The van der Waals surface area contributed by atoms with Gasteiger partial charge in [-0.1, -0.05) is 39.1 Å². The molecule has 0 atom stereocenters. The fourth-order valence-electron chi connectivity index (χ4n) is 2.80. The maximum atomic E-state index is 14.8. The van der Waals surface area contributed by atoms with E-state index in [-0.39, 0.29) is 21.2 Å². The highest BCUT2D eigenvalue weighted by Gasteiger charge is 2.32. The summed E-state index contributed by atoms with van der Waals surface area (Å²) < 4.78 is 15.1. The molecule has 0 saturated carbocycles. The molecule has 9 nitrogen and oxygen atoms in total. The lowest BCUT2D eigenvalue weighted by molar-refractivity contribution is -0.385. The highest BCUT2D eigenvalue weighted by molar-refractivity contribution is 9.10. The molecule has 168 valence electrons. The molecule has 0 spiro atoms. The second-order valence-electron chi connectivity index (χ2n) is 6.38. The molecule has 0 heterocycles. The van der Waals surface area contributed by atoms with Crippen LogP contribution in [-0.4, -0.2) is 21.7 Å². The van der Waals surface area contributed by atoms with Crippen molar-refractivity contribution in [2.75, 3.05) is 4.90 Å². The number of rotatable bonds is 5. The highest BCUT2D eigenvalue weighted by Crippen LogP contribution is 2.32. The zero-order chi connectivity index (χ0) is 24.4. The summed E-state index contributed by atoms with van der Waals surface area (Å²) in [6.45, 7) is 0. The first-order valence-corrected chi connectivity index (χ1v) is 10.3. The van der Waals surface area contributed by atoms with E-state index in [9.17, 15) is 34.2 Å². The summed E-state index contributed by atoms with van der Waals surface area (Å²) in [5.74, 6) is -3.16. The average Bonchev–Trinajstić information content (AvgIpc) is 2.74. The van der Waals surface area contributed by atoms with E-state index in [0.29, 0.717) is 9.37 Å². The lowest BCUT2D eigenvalue weighted by Gasteiger charge is -2.22. The van der Waals surface area contributed by atoms with Gasteiger partial charge in [-0.15, -0.1) is 0 Å². The molecule has 3 aromatic rings. The van der Waals surface area contributed by atoms with Gasteiger partial charge in [-0.25, -0.2) is 9.29 Å². The standard InChI is InChI=1S/C20H9BrCl2FN3O6/c21-10-1-6-18(17(24)7-10)25(19(28)13-4-2-11(26(30)31)8-15(13)22)20(29)14-5-3-12(27(32)33)9-16(14)23/h1-9H. The van der Waals surface area contributed by atoms with Crippen LogP contribution in [-0.2, 0) is 0 Å². The van der Waals surface area contributed by atoms with Crippen molar-refractivity contribution in [2.24, 2.45) is 0 Å². The number of halogens is 4. The smallest absolute Gasteiger partial charge is 0.268 e. The molecule has 2 amide bonds. The summed E-state index contributed by atoms with van der Waals surface area (Å²) in [6.07, 6.45) is 0. The maximum absolute atomic E-state index is 14.8. The number of anilines is 1. The van der Waals surface area contributed by atoms with Gasteiger partial charge in [0.05, 0.1) is 36.7 Å². The van der Waals surface area contributed by atoms with Gasteiger partial charge in [-0.3, -0.25) is 29.8 Å². The summed E-state index contributed by atoms with van der Waals surface area (Å²) in [7, 11) is 0. The van der Waals surface area contributed by atoms with Crippen LogP contribution < -0.4 is 4.90 Å². The van der Waals surface area contributed by atoms with E-state index in [0.717, 1.165) is 48.5 Å². The van der Waals surface area contributed by atoms with Crippen molar-refractivity contribution >= 4 is 68.0 Å². The molecule has 0 aromatic heterocycles. The van der Waals surface area contributed by atoms with Gasteiger partial charge in [-0.05, 0) is 30.3 Å². The number of nitrogens with zero attached hydrogens (tertiary/aromatic N) is 3. The minimum atomic E-state index is -1.10. The number of amides is 2. The Hall–Kier alpha value is -3.41. The van der Waals surface area contributed by atoms with Crippen molar-refractivity contribution in [3.63, 3.8) is 0 Å². The lowest BCUT2D eigenvalue weighted by Crippen LogP contribution is -2.38. The molecule has 0 saturated heterocycles. The third-order valence-corrected chi connectivity index (χ3v) is 5.46. The summed E-state index contributed by atoms with van der Waals surface area (Å²) in [6, 6.07) is 9.40. The van der Waals surface area contributed by atoms with Crippen LogP contribution in [0.1, 0.15) is 20.7 Å². The van der Waals surface area contributed by atoms with Crippen LogP contribution in [0, 0.1) is 26.0 Å². The minimum absolute atomic E-state index is 0.323. The third kappa shape index (κ3) is 5.00. The molecule has 0 aliphatic rings. The Kier molecular flexibility index (Phi) is 7.06. The first-order chi connectivity index (χ1) is 15.5. The molecule has 3 rings (SSSR count). The zero-order valence-corrected chi connectivity index (χ0v) is 19.1. The Morgan fingerprint density at radius 3 is 1.64 bits per heavy atom. The first-order valence-electron chi connectivity index (χ1n) is 8.73. The number of hydrogen-bond acceptors (Lipinski definition) is 6.